The van der Waals surface area contributed by atoms with Crippen molar-refractivity contribution in [3.8, 4) is 11.5 Å². The molecule has 1 amide bonds. The van der Waals surface area contributed by atoms with Gasteiger partial charge in [0.2, 0.25) is 0 Å². The number of rotatable bonds is 6. The summed E-state index contributed by atoms with van der Waals surface area (Å²) >= 11 is 0. The summed E-state index contributed by atoms with van der Waals surface area (Å²) in [6, 6.07) is 7.62. The standard InChI is InChI=1S/C16H24N2O3.ClH/c1-3-10-20-14-4-6-15(7-5-14)21-12-16(19)18-9-8-17-11-13(18)2;/h4-7,13,17H,3,8-12H2,1-2H3;1H/t13-;/m1./s1. The third-order valence-corrected chi connectivity index (χ3v) is 3.48. The summed E-state index contributed by atoms with van der Waals surface area (Å²) in [6.07, 6.45) is 0.982. The van der Waals surface area contributed by atoms with Gasteiger partial charge in [0.05, 0.1) is 6.61 Å². The normalized spacial score (nSPS) is 17.5. The van der Waals surface area contributed by atoms with Crippen LogP contribution in [0, 0.1) is 0 Å². The van der Waals surface area contributed by atoms with Crippen LogP contribution >= 0.6 is 12.4 Å². The Morgan fingerprint density at radius 3 is 2.50 bits per heavy atom. The van der Waals surface area contributed by atoms with E-state index in [2.05, 4.69) is 12.2 Å². The van der Waals surface area contributed by atoms with E-state index in [1.807, 2.05) is 36.1 Å². The monoisotopic (exact) mass is 328 g/mol. The topological polar surface area (TPSA) is 50.8 Å². The molecule has 2 rings (SSSR count). The third-order valence-electron chi connectivity index (χ3n) is 3.48. The van der Waals surface area contributed by atoms with Gasteiger partial charge in [0.15, 0.2) is 6.61 Å². The molecule has 0 radical (unpaired) electrons. The highest BCUT2D eigenvalue weighted by Gasteiger charge is 2.22. The van der Waals surface area contributed by atoms with Gasteiger partial charge in [-0.15, -0.1) is 12.4 Å². The van der Waals surface area contributed by atoms with Crippen LogP contribution in [-0.2, 0) is 4.79 Å². The molecule has 0 saturated carbocycles. The predicted octanol–water partition coefficient (Wildman–Crippen LogP) is 2.10. The quantitative estimate of drug-likeness (QED) is 0.869. The molecule has 6 heteroatoms. The Hall–Kier alpha value is -1.46. The first kappa shape index (κ1) is 18.6. The minimum atomic E-state index is 0. The summed E-state index contributed by atoms with van der Waals surface area (Å²) in [5.74, 6) is 1.55. The van der Waals surface area contributed by atoms with E-state index in [1.165, 1.54) is 0 Å². The van der Waals surface area contributed by atoms with Crippen molar-refractivity contribution in [3.63, 3.8) is 0 Å². The Kier molecular flexibility index (Phi) is 8.06. The second-order valence-electron chi connectivity index (χ2n) is 5.25. The Morgan fingerprint density at radius 1 is 1.27 bits per heavy atom. The van der Waals surface area contributed by atoms with Gasteiger partial charge in [-0.3, -0.25) is 4.79 Å². The first-order chi connectivity index (χ1) is 10.2. The summed E-state index contributed by atoms with van der Waals surface area (Å²) in [4.78, 5) is 14.0. The van der Waals surface area contributed by atoms with E-state index in [4.69, 9.17) is 9.47 Å². The van der Waals surface area contributed by atoms with Crippen LogP contribution in [-0.4, -0.2) is 49.7 Å². The molecular formula is C16H25ClN2O3. The lowest BCUT2D eigenvalue weighted by Crippen LogP contribution is -2.53. The Bertz CT molecular complexity index is 453. The van der Waals surface area contributed by atoms with Gasteiger partial charge in [-0.05, 0) is 37.6 Å². The van der Waals surface area contributed by atoms with Crippen LogP contribution in [0.25, 0.3) is 0 Å². The van der Waals surface area contributed by atoms with Crippen LogP contribution in [0.4, 0.5) is 0 Å². The number of amides is 1. The van der Waals surface area contributed by atoms with E-state index >= 15 is 0 Å². The van der Waals surface area contributed by atoms with Crippen molar-refractivity contribution in [2.24, 2.45) is 0 Å². The van der Waals surface area contributed by atoms with Crippen LogP contribution in [0.5, 0.6) is 11.5 Å². The molecule has 0 spiro atoms. The maximum absolute atomic E-state index is 12.1. The van der Waals surface area contributed by atoms with E-state index in [9.17, 15) is 4.79 Å². The van der Waals surface area contributed by atoms with Gasteiger partial charge in [-0.2, -0.15) is 0 Å². The average Bonchev–Trinajstić information content (AvgIpc) is 2.52. The summed E-state index contributed by atoms with van der Waals surface area (Å²) in [7, 11) is 0. The van der Waals surface area contributed by atoms with Gasteiger partial charge in [0.1, 0.15) is 11.5 Å². The molecule has 1 fully saturated rings. The van der Waals surface area contributed by atoms with Gasteiger partial charge in [-0.1, -0.05) is 6.92 Å². The number of carbonyl (C=O) groups excluding carboxylic acids is 1. The zero-order valence-corrected chi connectivity index (χ0v) is 14.0. The number of nitrogens with zero attached hydrogens (tertiary/aromatic N) is 1. The molecule has 124 valence electrons. The molecule has 22 heavy (non-hydrogen) atoms. The SMILES string of the molecule is CCCOc1ccc(OCC(=O)N2CCNC[C@H]2C)cc1.Cl. The van der Waals surface area contributed by atoms with Gasteiger partial charge in [-0.25, -0.2) is 0 Å². The van der Waals surface area contributed by atoms with Crippen molar-refractivity contribution in [1.29, 1.82) is 0 Å². The zero-order valence-electron chi connectivity index (χ0n) is 13.2. The largest absolute Gasteiger partial charge is 0.494 e. The fourth-order valence-electron chi connectivity index (χ4n) is 2.29. The van der Waals surface area contributed by atoms with E-state index in [1.54, 1.807) is 0 Å². The first-order valence-corrected chi connectivity index (χ1v) is 7.56. The van der Waals surface area contributed by atoms with Crippen molar-refractivity contribution >= 4 is 18.3 Å². The molecular weight excluding hydrogens is 304 g/mol. The number of hydrogen-bond acceptors (Lipinski definition) is 4. The lowest BCUT2D eigenvalue weighted by molar-refractivity contribution is -0.136. The minimum absolute atomic E-state index is 0. The first-order valence-electron chi connectivity index (χ1n) is 7.56. The molecule has 1 aromatic carbocycles. The Labute approximate surface area is 138 Å². The summed E-state index contributed by atoms with van der Waals surface area (Å²) < 4.78 is 11.1. The molecule has 1 saturated heterocycles. The predicted molar refractivity (Wildman–Crippen MR) is 89.0 cm³/mol. The lowest BCUT2D eigenvalue weighted by Gasteiger charge is -2.33. The van der Waals surface area contributed by atoms with Crippen molar-refractivity contribution < 1.29 is 14.3 Å². The second kappa shape index (κ2) is 9.54. The van der Waals surface area contributed by atoms with Crippen molar-refractivity contribution in [3.05, 3.63) is 24.3 Å². The maximum atomic E-state index is 12.1. The number of nitrogens with one attached hydrogen (secondary N) is 1. The highest BCUT2D eigenvalue weighted by atomic mass is 35.5. The molecule has 5 nitrogen and oxygen atoms in total. The van der Waals surface area contributed by atoms with Gasteiger partial charge in [0, 0.05) is 25.7 Å². The van der Waals surface area contributed by atoms with Crippen LogP contribution in [0.1, 0.15) is 20.3 Å². The second-order valence-corrected chi connectivity index (χ2v) is 5.25. The smallest absolute Gasteiger partial charge is 0.260 e. The molecule has 1 aliphatic heterocycles. The molecule has 0 bridgehead atoms. The fourth-order valence-corrected chi connectivity index (χ4v) is 2.29. The van der Waals surface area contributed by atoms with Gasteiger partial charge in [0.25, 0.3) is 5.91 Å². The third kappa shape index (κ3) is 5.39. The van der Waals surface area contributed by atoms with Crippen LogP contribution in [0.15, 0.2) is 24.3 Å². The maximum Gasteiger partial charge on any atom is 0.260 e. The molecule has 1 heterocycles. The molecule has 1 aliphatic rings. The summed E-state index contributed by atoms with van der Waals surface area (Å²) in [5.41, 5.74) is 0. The summed E-state index contributed by atoms with van der Waals surface area (Å²) in [5, 5.41) is 3.27. The van der Waals surface area contributed by atoms with E-state index in [0.29, 0.717) is 12.4 Å². The summed E-state index contributed by atoms with van der Waals surface area (Å²) in [6.45, 7) is 7.34. The zero-order chi connectivity index (χ0) is 15.1. The Morgan fingerprint density at radius 2 is 1.91 bits per heavy atom. The van der Waals surface area contributed by atoms with Crippen molar-refractivity contribution in [2.75, 3.05) is 32.8 Å². The number of ether oxygens (including phenoxy) is 2. The number of halogens is 1. The highest BCUT2D eigenvalue weighted by Crippen LogP contribution is 2.18. The Balaban J connectivity index is 0.00000242. The number of benzene rings is 1. The van der Waals surface area contributed by atoms with Crippen molar-refractivity contribution in [2.45, 2.75) is 26.3 Å². The van der Waals surface area contributed by atoms with E-state index in [-0.39, 0.29) is 31.0 Å². The number of carbonyl (C=O) groups is 1. The molecule has 0 aromatic heterocycles. The van der Waals surface area contributed by atoms with E-state index in [0.717, 1.165) is 31.8 Å². The number of piperazine rings is 1. The van der Waals surface area contributed by atoms with Crippen LogP contribution in [0.2, 0.25) is 0 Å². The average molecular weight is 329 g/mol. The molecule has 0 unspecified atom stereocenters. The molecule has 1 aromatic rings. The van der Waals surface area contributed by atoms with Crippen molar-refractivity contribution in [1.82, 2.24) is 10.2 Å². The molecule has 1 N–H and O–H groups in total. The van der Waals surface area contributed by atoms with E-state index < -0.39 is 0 Å². The lowest BCUT2D eigenvalue weighted by atomic mass is 10.2. The fraction of sp³-hybridized carbons (Fsp3) is 0.562. The van der Waals surface area contributed by atoms with Crippen LogP contribution < -0.4 is 14.8 Å². The van der Waals surface area contributed by atoms with Gasteiger partial charge < -0.3 is 19.7 Å². The number of hydrogen-bond donors (Lipinski definition) is 1. The highest BCUT2D eigenvalue weighted by molar-refractivity contribution is 5.85. The van der Waals surface area contributed by atoms with Gasteiger partial charge >= 0.3 is 0 Å². The van der Waals surface area contributed by atoms with Crippen LogP contribution in [0.3, 0.4) is 0 Å². The minimum Gasteiger partial charge on any atom is -0.494 e. The molecule has 1 atom stereocenters. The molecule has 0 aliphatic carbocycles.